The molecule has 1 aromatic carbocycles. The smallest absolute Gasteiger partial charge is 0.348 e. The van der Waals surface area contributed by atoms with E-state index in [1.165, 1.54) is 28.9 Å². The van der Waals surface area contributed by atoms with Gasteiger partial charge in [0, 0.05) is 17.8 Å². The third-order valence-corrected chi connectivity index (χ3v) is 7.52. The van der Waals surface area contributed by atoms with Gasteiger partial charge in [0.2, 0.25) is 0 Å². The molecule has 2 aromatic rings. The highest BCUT2D eigenvalue weighted by Crippen LogP contribution is 2.34. The van der Waals surface area contributed by atoms with Crippen molar-refractivity contribution in [2.75, 3.05) is 13.7 Å². The Morgan fingerprint density at radius 1 is 1.23 bits per heavy atom. The molecule has 0 radical (unpaired) electrons. The molecule has 5 nitrogen and oxygen atoms in total. The van der Waals surface area contributed by atoms with Crippen molar-refractivity contribution < 1.29 is 28.2 Å². The summed E-state index contributed by atoms with van der Waals surface area (Å²) in [6.07, 6.45) is 5.47. The van der Waals surface area contributed by atoms with E-state index in [1.54, 1.807) is 18.2 Å². The molecule has 1 unspecified atom stereocenters. The van der Waals surface area contributed by atoms with E-state index in [-0.39, 0.29) is 12.5 Å². The second kappa shape index (κ2) is 12.4. The average molecular weight is 506 g/mol. The monoisotopic (exact) mass is 505 g/mol. The van der Waals surface area contributed by atoms with Crippen LogP contribution in [-0.2, 0) is 22.4 Å². The number of likely N-dealkylation sites (tertiary alicyclic amines) is 1. The standard InChI is InChI=1S/C27H33F2NO4S/c1-19(8-6-11-20-9-4-3-5-10-20)23(31)15-13-21-18-27(28,29)26(33)30(21)17-7-12-22-14-16-24(35-22)25(32)34-2/h3-5,9-10,13-16,19,21,23,31H,6-8,11-12,17-18H2,1-2H3/b15-13+/t19-,21?,23-/m0/s1. The van der Waals surface area contributed by atoms with Crippen LogP contribution in [-0.4, -0.2) is 53.6 Å². The number of methoxy groups -OCH3 is 1. The van der Waals surface area contributed by atoms with E-state index in [2.05, 4.69) is 12.1 Å². The van der Waals surface area contributed by atoms with Gasteiger partial charge < -0.3 is 14.7 Å². The van der Waals surface area contributed by atoms with Crippen molar-refractivity contribution in [1.29, 1.82) is 0 Å². The van der Waals surface area contributed by atoms with Crippen molar-refractivity contribution >= 4 is 23.2 Å². The first-order valence-electron chi connectivity index (χ1n) is 12.0. The second-order valence-electron chi connectivity index (χ2n) is 9.07. The fraction of sp³-hybridized carbons (Fsp3) is 0.481. The number of carbonyl (C=O) groups is 2. The molecule has 8 heteroatoms. The van der Waals surface area contributed by atoms with Crippen LogP contribution in [0.3, 0.4) is 0 Å². The lowest BCUT2D eigenvalue weighted by atomic mass is 9.95. The molecule has 0 spiro atoms. The summed E-state index contributed by atoms with van der Waals surface area (Å²) in [5.74, 6) is -5.00. The van der Waals surface area contributed by atoms with E-state index in [1.807, 2.05) is 31.2 Å². The molecule has 0 aliphatic carbocycles. The maximum Gasteiger partial charge on any atom is 0.348 e. The fourth-order valence-electron chi connectivity index (χ4n) is 4.28. The van der Waals surface area contributed by atoms with Crippen molar-refractivity contribution in [3.63, 3.8) is 0 Å². The van der Waals surface area contributed by atoms with Crippen LogP contribution in [0.4, 0.5) is 8.78 Å². The molecule has 35 heavy (non-hydrogen) atoms. The molecule has 1 aromatic heterocycles. The fourth-order valence-corrected chi connectivity index (χ4v) is 5.25. The van der Waals surface area contributed by atoms with Crippen LogP contribution in [0, 0.1) is 5.92 Å². The SMILES string of the molecule is COC(=O)c1ccc(CCCN2C(=O)C(F)(F)CC2/C=C/[C@H](O)[C@@H](C)CCCc2ccccc2)s1. The number of hydrogen-bond donors (Lipinski definition) is 1. The van der Waals surface area contributed by atoms with E-state index in [9.17, 15) is 23.5 Å². The number of benzene rings is 1. The van der Waals surface area contributed by atoms with E-state index in [0.29, 0.717) is 17.7 Å². The van der Waals surface area contributed by atoms with E-state index < -0.39 is 36.4 Å². The Hall–Kier alpha value is -2.58. The first-order chi connectivity index (χ1) is 16.7. The van der Waals surface area contributed by atoms with Gasteiger partial charge in [0.15, 0.2) is 0 Å². The number of thiophene rings is 1. The number of esters is 1. The van der Waals surface area contributed by atoms with Crippen LogP contribution in [0.5, 0.6) is 0 Å². The molecule has 1 amide bonds. The highest BCUT2D eigenvalue weighted by molar-refractivity contribution is 7.13. The topological polar surface area (TPSA) is 66.8 Å². The summed E-state index contributed by atoms with van der Waals surface area (Å²) in [4.78, 5) is 26.5. The molecule has 3 rings (SSSR count). The molecule has 2 heterocycles. The Morgan fingerprint density at radius 3 is 2.69 bits per heavy atom. The van der Waals surface area contributed by atoms with Gasteiger partial charge in [0.05, 0.1) is 19.3 Å². The zero-order chi connectivity index (χ0) is 25.4. The van der Waals surface area contributed by atoms with E-state index in [0.717, 1.165) is 24.1 Å². The number of aryl methyl sites for hydroxylation is 2. The number of hydrogen-bond acceptors (Lipinski definition) is 5. The molecule has 0 saturated carbocycles. The summed E-state index contributed by atoms with van der Waals surface area (Å²) in [5, 5.41) is 10.5. The summed E-state index contributed by atoms with van der Waals surface area (Å²) < 4.78 is 33.1. The second-order valence-corrected chi connectivity index (χ2v) is 10.2. The summed E-state index contributed by atoms with van der Waals surface area (Å²) >= 11 is 1.30. The lowest BCUT2D eigenvalue weighted by Crippen LogP contribution is -2.36. The van der Waals surface area contributed by atoms with Gasteiger partial charge in [-0.1, -0.05) is 49.4 Å². The van der Waals surface area contributed by atoms with Gasteiger partial charge in [-0.25, -0.2) is 4.79 Å². The lowest BCUT2D eigenvalue weighted by molar-refractivity contribution is -0.148. The molecule has 3 atom stereocenters. The van der Waals surface area contributed by atoms with Crippen molar-refractivity contribution in [2.45, 2.75) is 63.5 Å². The maximum absolute atomic E-state index is 14.2. The number of aliphatic hydroxyl groups is 1. The average Bonchev–Trinajstić information content (AvgIpc) is 3.40. The van der Waals surface area contributed by atoms with Gasteiger partial charge in [-0.15, -0.1) is 11.3 Å². The zero-order valence-electron chi connectivity index (χ0n) is 20.2. The van der Waals surface area contributed by atoms with E-state index >= 15 is 0 Å². The van der Waals surface area contributed by atoms with Crippen molar-refractivity contribution in [3.05, 3.63) is 69.9 Å². The van der Waals surface area contributed by atoms with Gasteiger partial charge in [0.25, 0.3) is 5.91 Å². The van der Waals surface area contributed by atoms with Crippen LogP contribution >= 0.6 is 11.3 Å². The molecule has 1 fully saturated rings. The summed E-state index contributed by atoms with van der Waals surface area (Å²) in [6, 6.07) is 12.9. The number of carbonyl (C=O) groups excluding carboxylic acids is 2. The quantitative estimate of drug-likeness (QED) is 0.315. The molecule has 0 bridgehead atoms. The summed E-state index contributed by atoms with van der Waals surface area (Å²) in [5.41, 5.74) is 1.25. The molecular formula is C27H33F2NO4S. The normalized spacial score (nSPS) is 19.3. The third kappa shape index (κ3) is 7.45. The number of alkyl halides is 2. The lowest BCUT2D eigenvalue weighted by Gasteiger charge is -2.22. The number of halogens is 2. The Morgan fingerprint density at radius 2 is 1.97 bits per heavy atom. The van der Waals surface area contributed by atoms with Gasteiger partial charge in [-0.2, -0.15) is 8.78 Å². The number of rotatable bonds is 12. The van der Waals surface area contributed by atoms with Gasteiger partial charge >= 0.3 is 11.9 Å². The minimum Gasteiger partial charge on any atom is -0.465 e. The molecule has 1 N–H and O–H groups in total. The Balaban J connectivity index is 1.51. The Kier molecular flexibility index (Phi) is 9.57. The van der Waals surface area contributed by atoms with Crippen molar-refractivity contribution in [2.24, 2.45) is 5.92 Å². The van der Waals surface area contributed by atoms with Crippen LogP contribution < -0.4 is 0 Å². The number of ether oxygens (including phenoxy) is 1. The predicted molar refractivity (Wildman–Crippen MR) is 133 cm³/mol. The van der Waals surface area contributed by atoms with Crippen molar-refractivity contribution in [1.82, 2.24) is 4.90 Å². The molecule has 190 valence electrons. The van der Waals surface area contributed by atoms with Crippen LogP contribution in [0.15, 0.2) is 54.6 Å². The minimum absolute atomic E-state index is 0.0242. The van der Waals surface area contributed by atoms with Crippen LogP contribution in [0.25, 0.3) is 0 Å². The summed E-state index contributed by atoms with van der Waals surface area (Å²) in [6.45, 7) is 2.12. The highest BCUT2D eigenvalue weighted by Gasteiger charge is 2.52. The van der Waals surface area contributed by atoms with Gasteiger partial charge in [-0.3, -0.25) is 4.79 Å². The maximum atomic E-state index is 14.2. The highest BCUT2D eigenvalue weighted by atomic mass is 32.1. The molecule has 1 saturated heterocycles. The first kappa shape index (κ1) is 27.0. The third-order valence-electron chi connectivity index (χ3n) is 6.39. The Bertz CT molecular complexity index is 1010. The van der Waals surface area contributed by atoms with E-state index in [4.69, 9.17) is 4.74 Å². The van der Waals surface area contributed by atoms with Gasteiger partial charge in [-0.05, 0) is 55.7 Å². The molecule has 1 aliphatic rings. The van der Waals surface area contributed by atoms with Crippen LogP contribution in [0.2, 0.25) is 0 Å². The first-order valence-corrected chi connectivity index (χ1v) is 12.8. The minimum atomic E-state index is -3.40. The number of amides is 1. The number of nitrogens with zero attached hydrogens (tertiary/aromatic N) is 1. The summed E-state index contributed by atoms with van der Waals surface area (Å²) in [7, 11) is 1.32. The van der Waals surface area contributed by atoms with Crippen LogP contribution in [0.1, 0.15) is 52.7 Å². The predicted octanol–water partition coefficient (Wildman–Crippen LogP) is 5.28. The van der Waals surface area contributed by atoms with Gasteiger partial charge in [0.1, 0.15) is 4.88 Å². The zero-order valence-corrected chi connectivity index (χ0v) is 21.0. The molecule has 1 aliphatic heterocycles. The molecular weight excluding hydrogens is 472 g/mol. The largest absolute Gasteiger partial charge is 0.465 e. The number of aliphatic hydroxyl groups excluding tert-OH is 1. The Labute approximate surface area is 209 Å². The van der Waals surface area contributed by atoms with Crippen molar-refractivity contribution in [3.8, 4) is 0 Å².